The van der Waals surface area contributed by atoms with Gasteiger partial charge in [0.1, 0.15) is 0 Å². The molecule has 2 atom stereocenters. The number of nitrogens with zero attached hydrogens (tertiary/aromatic N) is 1. The van der Waals surface area contributed by atoms with Crippen LogP contribution < -0.4 is 5.32 Å². The maximum absolute atomic E-state index is 11.3. The van der Waals surface area contributed by atoms with E-state index in [0.717, 1.165) is 13.0 Å². The highest BCUT2D eigenvalue weighted by molar-refractivity contribution is 5.77. The lowest BCUT2D eigenvalue weighted by atomic mass is 10.1. The van der Waals surface area contributed by atoms with Gasteiger partial charge in [0.05, 0.1) is 5.92 Å². The molecule has 2 aliphatic rings. The maximum atomic E-state index is 11.3. The minimum Gasteiger partial charge on any atom is -0.481 e. The Morgan fingerprint density at radius 3 is 2.79 bits per heavy atom. The molecule has 0 aromatic heterocycles. The summed E-state index contributed by atoms with van der Waals surface area (Å²) in [5.41, 5.74) is 0. The third kappa shape index (κ3) is 1.54. The first-order valence-corrected chi connectivity index (χ1v) is 4.96. The van der Waals surface area contributed by atoms with Gasteiger partial charge in [-0.15, -0.1) is 0 Å². The number of nitrogens with one attached hydrogen (secondary N) is 1. The van der Waals surface area contributed by atoms with Crippen LogP contribution in [0.5, 0.6) is 0 Å². The van der Waals surface area contributed by atoms with Crippen LogP contribution in [0.1, 0.15) is 19.3 Å². The highest BCUT2D eigenvalue weighted by Gasteiger charge is 2.36. The van der Waals surface area contributed by atoms with E-state index < -0.39 is 5.97 Å². The number of amides is 2. The Bertz CT molecular complexity index is 267. The fourth-order valence-corrected chi connectivity index (χ4v) is 2.30. The Hall–Kier alpha value is -1.26. The molecule has 1 aliphatic carbocycles. The van der Waals surface area contributed by atoms with Crippen LogP contribution >= 0.6 is 0 Å². The molecule has 0 spiro atoms. The fraction of sp³-hybridized carbons (Fsp3) is 0.778. The van der Waals surface area contributed by atoms with Gasteiger partial charge < -0.3 is 15.3 Å². The van der Waals surface area contributed by atoms with Crippen LogP contribution in [0, 0.1) is 5.92 Å². The second kappa shape index (κ2) is 3.48. The maximum Gasteiger partial charge on any atom is 0.317 e. The van der Waals surface area contributed by atoms with E-state index in [1.165, 1.54) is 0 Å². The number of hydrogen-bond donors (Lipinski definition) is 2. The summed E-state index contributed by atoms with van der Waals surface area (Å²) in [5.74, 6) is -0.986. The molecule has 0 aromatic carbocycles. The number of hydrogen-bond acceptors (Lipinski definition) is 2. The molecule has 1 saturated carbocycles. The molecule has 5 heteroatoms. The van der Waals surface area contributed by atoms with Gasteiger partial charge in [-0.2, -0.15) is 0 Å². The van der Waals surface area contributed by atoms with Gasteiger partial charge in [0, 0.05) is 19.1 Å². The molecule has 1 saturated heterocycles. The lowest BCUT2D eigenvalue weighted by Gasteiger charge is -2.21. The summed E-state index contributed by atoms with van der Waals surface area (Å²) >= 11 is 0. The van der Waals surface area contributed by atoms with E-state index in [0.29, 0.717) is 19.4 Å². The standard InChI is InChI=1S/C9H14N2O3/c12-8(13)6-1-2-7(5-6)11-4-3-10-9(11)14/h6-7H,1-5H2,(H,10,14)(H,12,13). The van der Waals surface area contributed by atoms with Crippen molar-refractivity contribution in [1.29, 1.82) is 0 Å². The van der Waals surface area contributed by atoms with E-state index >= 15 is 0 Å². The number of carboxylic acids is 1. The third-order valence-corrected chi connectivity index (χ3v) is 3.08. The highest BCUT2D eigenvalue weighted by atomic mass is 16.4. The molecule has 14 heavy (non-hydrogen) atoms. The van der Waals surface area contributed by atoms with Crippen LogP contribution in [0.15, 0.2) is 0 Å². The molecule has 0 aromatic rings. The second-order valence-corrected chi connectivity index (χ2v) is 3.93. The van der Waals surface area contributed by atoms with Crippen molar-refractivity contribution in [2.75, 3.05) is 13.1 Å². The molecular weight excluding hydrogens is 184 g/mol. The van der Waals surface area contributed by atoms with E-state index in [2.05, 4.69) is 5.32 Å². The van der Waals surface area contributed by atoms with Gasteiger partial charge in [-0.05, 0) is 19.3 Å². The van der Waals surface area contributed by atoms with E-state index in [9.17, 15) is 9.59 Å². The molecule has 2 amide bonds. The van der Waals surface area contributed by atoms with Gasteiger partial charge in [-0.1, -0.05) is 0 Å². The minimum absolute atomic E-state index is 0.0407. The summed E-state index contributed by atoms with van der Waals surface area (Å²) in [5, 5.41) is 11.6. The van der Waals surface area contributed by atoms with Crippen molar-refractivity contribution in [3.05, 3.63) is 0 Å². The average Bonchev–Trinajstić information content (AvgIpc) is 2.71. The summed E-state index contributed by atoms with van der Waals surface area (Å²) in [7, 11) is 0. The quantitative estimate of drug-likeness (QED) is 0.669. The van der Waals surface area contributed by atoms with Crippen molar-refractivity contribution >= 4 is 12.0 Å². The van der Waals surface area contributed by atoms with Gasteiger partial charge in [0.2, 0.25) is 0 Å². The molecule has 0 radical (unpaired) electrons. The first-order chi connectivity index (χ1) is 6.68. The molecule has 2 fully saturated rings. The molecule has 2 N–H and O–H groups in total. The fourth-order valence-electron chi connectivity index (χ4n) is 2.30. The smallest absolute Gasteiger partial charge is 0.317 e. The molecule has 78 valence electrons. The summed E-state index contributed by atoms with van der Waals surface area (Å²) < 4.78 is 0. The molecule has 2 unspecified atom stereocenters. The SMILES string of the molecule is O=C(O)C1CCC(N2CCNC2=O)C1. The Morgan fingerprint density at radius 1 is 1.50 bits per heavy atom. The van der Waals surface area contributed by atoms with Crippen molar-refractivity contribution in [2.24, 2.45) is 5.92 Å². The minimum atomic E-state index is -0.730. The Balaban J connectivity index is 1.95. The normalized spacial score (nSPS) is 32.0. The molecule has 1 heterocycles. The Labute approximate surface area is 82.1 Å². The van der Waals surface area contributed by atoms with Crippen molar-refractivity contribution in [3.8, 4) is 0 Å². The van der Waals surface area contributed by atoms with Gasteiger partial charge >= 0.3 is 12.0 Å². The molecular formula is C9H14N2O3. The topological polar surface area (TPSA) is 69.6 Å². The number of rotatable bonds is 2. The zero-order chi connectivity index (χ0) is 10.1. The average molecular weight is 198 g/mol. The van der Waals surface area contributed by atoms with Crippen LogP contribution in [0.2, 0.25) is 0 Å². The number of carbonyl (C=O) groups is 2. The van der Waals surface area contributed by atoms with Crippen LogP contribution in [-0.4, -0.2) is 41.1 Å². The first-order valence-electron chi connectivity index (χ1n) is 4.96. The van der Waals surface area contributed by atoms with Crippen molar-refractivity contribution in [3.63, 3.8) is 0 Å². The highest BCUT2D eigenvalue weighted by Crippen LogP contribution is 2.30. The summed E-state index contributed by atoms with van der Waals surface area (Å²) in [6.45, 7) is 1.41. The number of carbonyl (C=O) groups excluding carboxylic acids is 1. The summed E-state index contributed by atoms with van der Waals surface area (Å²) in [6.07, 6.45) is 2.14. The van der Waals surface area contributed by atoms with Crippen LogP contribution in [0.3, 0.4) is 0 Å². The zero-order valence-corrected chi connectivity index (χ0v) is 7.90. The molecule has 1 aliphatic heterocycles. The lowest BCUT2D eigenvalue weighted by Crippen LogP contribution is -2.36. The van der Waals surface area contributed by atoms with Gasteiger partial charge in [0.15, 0.2) is 0 Å². The number of aliphatic carboxylic acids is 1. The Morgan fingerprint density at radius 2 is 2.29 bits per heavy atom. The summed E-state index contributed by atoms with van der Waals surface area (Å²) in [6, 6.07) is 0.0969. The molecule has 0 bridgehead atoms. The number of urea groups is 1. The summed E-state index contributed by atoms with van der Waals surface area (Å²) in [4.78, 5) is 23.8. The van der Waals surface area contributed by atoms with E-state index in [-0.39, 0.29) is 18.0 Å². The lowest BCUT2D eigenvalue weighted by molar-refractivity contribution is -0.141. The third-order valence-electron chi connectivity index (χ3n) is 3.08. The van der Waals surface area contributed by atoms with Crippen molar-refractivity contribution < 1.29 is 14.7 Å². The van der Waals surface area contributed by atoms with Crippen molar-refractivity contribution in [2.45, 2.75) is 25.3 Å². The second-order valence-electron chi connectivity index (χ2n) is 3.93. The monoisotopic (exact) mass is 198 g/mol. The molecule has 5 nitrogen and oxygen atoms in total. The van der Waals surface area contributed by atoms with Gasteiger partial charge in [-0.3, -0.25) is 4.79 Å². The zero-order valence-electron chi connectivity index (χ0n) is 7.90. The van der Waals surface area contributed by atoms with E-state index in [1.807, 2.05) is 0 Å². The Kier molecular flexibility index (Phi) is 2.31. The van der Waals surface area contributed by atoms with Crippen LogP contribution in [0.4, 0.5) is 4.79 Å². The van der Waals surface area contributed by atoms with Gasteiger partial charge in [0.25, 0.3) is 0 Å². The predicted molar refractivity (Wildman–Crippen MR) is 48.9 cm³/mol. The van der Waals surface area contributed by atoms with E-state index in [1.54, 1.807) is 4.90 Å². The van der Waals surface area contributed by atoms with Crippen molar-refractivity contribution in [1.82, 2.24) is 10.2 Å². The number of carboxylic acid groups (broad SMARTS) is 1. The predicted octanol–water partition coefficient (Wildman–Crippen LogP) is 0.265. The van der Waals surface area contributed by atoms with Crippen LogP contribution in [0.25, 0.3) is 0 Å². The largest absolute Gasteiger partial charge is 0.481 e. The van der Waals surface area contributed by atoms with Gasteiger partial charge in [-0.25, -0.2) is 4.79 Å². The van der Waals surface area contributed by atoms with Crippen LogP contribution in [-0.2, 0) is 4.79 Å². The molecule has 2 rings (SSSR count). The van der Waals surface area contributed by atoms with E-state index in [4.69, 9.17) is 5.11 Å². The first kappa shape index (κ1) is 9.30.